The summed E-state index contributed by atoms with van der Waals surface area (Å²) in [5, 5.41) is 1.04. The number of amides is 1. The van der Waals surface area contributed by atoms with Gasteiger partial charge in [0, 0.05) is 29.7 Å². The Bertz CT molecular complexity index is 1020. The van der Waals surface area contributed by atoms with Crippen molar-refractivity contribution in [2.75, 3.05) is 6.54 Å². The van der Waals surface area contributed by atoms with E-state index >= 15 is 0 Å². The van der Waals surface area contributed by atoms with Gasteiger partial charge in [-0.2, -0.15) is 0 Å². The standard InChI is InChI=1S/C25H28FN3O/c1-2-23(20-8-3-11-21(26)17-20)29-16-6-10-19(25(29)30)7-4-12-22-14-13-18-9-5-15-27-24(18)28-22/h3,5,8-9,11,13-15,17,19,23H,2,4,6-7,10,12,16H2,1H3/t19?,23-/m0/s1. The molecule has 1 saturated heterocycles. The maximum atomic E-state index is 13.7. The zero-order valence-electron chi connectivity index (χ0n) is 17.4. The van der Waals surface area contributed by atoms with Gasteiger partial charge in [-0.1, -0.05) is 19.1 Å². The molecule has 0 radical (unpaired) electrons. The van der Waals surface area contributed by atoms with Crippen molar-refractivity contribution in [1.29, 1.82) is 0 Å². The van der Waals surface area contributed by atoms with Crippen LogP contribution in [0, 0.1) is 11.7 Å². The van der Waals surface area contributed by atoms with E-state index in [4.69, 9.17) is 0 Å². The Morgan fingerprint density at radius 3 is 2.93 bits per heavy atom. The van der Waals surface area contributed by atoms with Crippen LogP contribution in [0.3, 0.4) is 0 Å². The van der Waals surface area contributed by atoms with Gasteiger partial charge in [-0.3, -0.25) is 4.79 Å². The Hall–Kier alpha value is -2.82. The van der Waals surface area contributed by atoms with E-state index < -0.39 is 0 Å². The smallest absolute Gasteiger partial charge is 0.226 e. The summed E-state index contributed by atoms with van der Waals surface area (Å²) in [5.41, 5.74) is 2.68. The molecule has 1 aromatic carbocycles. The number of halogens is 1. The van der Waals surface area contributed by atoms with Crippen LogP contribution in [0.25, 0.3) is 11.0 Å². The van der Waals surface area contributed by atoms with Crippen LogP contribution < -0.4 is 0 Å². The van der Waals surface area contributed by atoms with Crippen LogP contribution in [-0.4, -0.2) is 27.3 Å². The summed E-state index contributed by atoms with van der Waals surface area (Å²) in [6.07, 6.45) is 7.11. The summed E-state index contributed by atoms with van der Waals surface area (Å²) in [4.78, 5) is 24.1. The fraction of sp³-hybridized carbons (Fsp3) is 0.400. The number of pyridine rings is 2. The Morgan fingerprint density at radius 1 is 1.20 bits per heavy atom. The van der Waals surface area contributed by atoms with Gasteiger partial charge in [0.05, 0.1) is 6.04 Å². The second-order valence-corrected chi connectivity index (χ2v) is 8.09. The fourth-order valence-electron chi connectivity index (χ4n) is 4.56. The Morgan fingerprint density at radius 2 is 2.10 bits per heavy atom. The lowest BCUT2D eigenvalue weighted by molar-refractivity contribution is -0.141. The second kappa shape index (κ2) is 9.33. The lowest BCUT2D eigenvalue weighted by atomic mass is 9.89. The van der Waals surface area contributed by atoms with Crippen LogP contribution in [0.1, 0.15) is 56.3 Å². The van der Waals surface area contributed by atoms with Crippen molar-refractivity contribution >= 4 is 16.9 Å². The zero-order chi connectivity index (χ0) is 20.9. The Labute approximate surface area is 177 Å². The molecule has 3 aromatic rings. The maximum absolute atomic E-state index is 13.7. The Kier molecular flexibility index (Phi) is 6.36. The van der Waals surface area contributed by atoms with Crippen LogP contribution >= 0.6 is 0 Å². The van der Waals surface area contributed by atoms with Gasteiger partial charge in [-0.15, -0.1) is 0 Å². The molecule has 0 aliphatic carbocycles. The van der Waals surface area contributed by atoms with Crippen molar-refractivity contribution in [2.24, 2.45) is 5.92 Å². The number of carbonyl (C=O) groups excluding carboxylic acids is 1. The SMILES string of the molecule is CC[C@@H](c1cccc(F)c1)N1CCCC(CCCc2ccc3cccnc3n2)C1=O. The summed E-state index contributed by atoms with van der Waals surface area (Å²) < 4.78 is 13.7. The predicted octanol–water partition coefficient (Wildman–Crippen LogP) is 5.48. The van der Waals surface area contributed by atoms with Crippen molar-refractivity contribution in [3.05, 3.63) is 71.8 Å². The van der Waals surface area contributed by atoms with E-state index in [1.54, 1.807) is 18.3 Å². The van der Waals surface area contributed by atoms with Crippen molar-refractivity contribution in [3.63, 3.8) is 0 Å². The molecule has 4 nitrogen and oxygen atoms in total. The minimum atomic E-state index is -0.246. The minimum Gasteiger partial charge on any atom is -0.335 e. The predicted molar refractivity (Wildman–Crippen MR) is 116 cm³/mol. The molecule has 0 bridgehead atoms. The summed E-state index contributed by atoms with van der Waals surface area (Å²) in [6, 6.07) is 14.6. The van der Waals surface area contributed by atoms with E-state index in [0.29, 0.717) is 0 Å². The van der Waals surface area contributed by atoms with Gasteiger partial charge in [-0.05, 0) is 80.5 Å². The quantitative estimate of drug-likeness (QED) is 0.523. The molecule has 1 unspecified atom stereocenters. The van der Waals surface area contributed by atoms with Gasteiger partial charge < -0.3 is 4.90 Å². The van der Waals surface area contributed by atoms with Gasteiger partial charge >= 0.3 is 0 Å². The monoisotopic (exact) mass is 405 g/mol. The molecule has 1 aliphatic rings. The fourth-order valence-corrected chi connectivity index (χ4v) is 4.56. The summed E-state index contributed by atoms with van der Waals surface area (Å²) in [5.74, 6) is 0.00905. The molecular weight excluding hydrogens is 377 g/mol. The first-order chi connectivity index (χ1) is 14.7. The largest absolute Gasteiger partial charge is 0.335 e. The van der Waals surface area contributed by atoms with Crippen molar-refractivity contribution in [1.82, 2.24) is 14.9 Å². The molecule has 1 amide bonds. The van der Waals surface area contributed by atoms with Crippen LogP contribution in [0.4, 0.5) is 4.39 Å². The number of hydrogen-bond donors (Lipinski definition) is 0. The third kappa shape index (κ3) is 4.50. The molecule has 156 valence electrons. The van der Waals surface area contributed by atoms with Gasteiger partial charge in [0.25, 0.3) is 0 Å². The van der Waals surface area contributed by atoms with Crippen molar-refractivity contribution in [2.45, 2.75) is 51.5 Å². The molecule has 1 aliphatic heterocycles. The van der Waals surface area contributed by atoms with Crippen LogP contribution in [-0.2, 0) is 11.2 Å². The molecular formula is C25H28FN3O. The third-order valence-corrected chi connectivity index (χ3v) is 6.09. The van der Waals surface area contributed by atoms with Crippen LogP contribution in [0.5, 0.6) is 0 Å². The molecule has 2 aromatic heterocycles. The summed E-state index contributed by atoms with van der Waals surface area (Å²) in [6.45, 7) is 2.81. The molecule has 5 heteroatoms. The van der Waals surface area contributed by atoms with Crippen LogP contribution in [0.15, 0.2) is 54.7 Å². The van der Waals surface area contributed by atoms with Gasteiger partial charge in [0.2, 0.25) is 5.91 Å². The number of piperidine rings is 1. The molecule has 0 saturated carbocycles. The highest BCUT2D eigenvalue weighted by Crippen LogP contribution is 2.32. The number of benzene rings is 1. The van der Waals surface area contributed by atoms with Gasteiger partial charge in [0.15, 0.2) is 5.65 Å². The number of carbonyl (C=O) groups is 1. The average Bonchev–Trinajstić information content (AvgIpc) is 2.76. The number of fused-ring (bicyclic) bond motifs is 1. The van der Waals surface area contributed by atoms with Gasteiger partial charge in [-0.25, -0.2) is 14.4 Å². The number of aromatic nitrogens is 2. The summed E-state index contributed by atoms with van der Waals surface area (Å²) in [7, 11) is 0. The lowest BCUT2D eigenvalue weighted by Crippen LogP contribution is -2.43. The molecule has 2 atom stereocenters. The zero-order valence-corrected chi connectivity index (χ0v) is 17.4. The lowest BCUT2D eigenvalue weighted by Gasteiger charge is -2.38. The van der Waals surface area contributed by atoms with E-state index in [2.05, 4.69) is 29.0 Å². The normalized spacial score (nSPS) is 18.0. The highest BCUT2D eigenvalue weighted by atomic mass is 19.1. The molecule has 3 heterocycles. The molecule has 30 heavy (non-hydrogen) atoms. The average molecular weight is 406 g/mol. The number of rotatable bonds is 7. The van der Waals surface area contributed by atoms with E-state index in [9.17, 15) is 9.18 Å². The summed E-state index contributed by atoms with van der Waals surface area (Å²) >= 11 is 0. The molecule has 0 N–H and O–H groups in total. The number of hydrogen-bond acceptors (Lipinski definition) is 3. The van der Waals surface area contributed by atoms with Gasteiger partial charge in [0.1, 0.15) is 5.82 Å². The highest BCUT2D eigenvalue weighted by Gasteiger charge is 2.32. The molecule has 1 fully saturated rings. The number of nitrogens with zero attached hydrogens (tertiary/aromatic N) is 3. The first-order valence-corrected chi connectivity index (χ1v) is 10.9. The Balaban J connectivity index is 1.39. The van der Waals surface area contributed by atoms with E-state index in [0.717, 1.165) is 67.4 Å². The topological polar surface area (TPSA) is 46.1 Å². The van der Waals surface area contributed by atoms with Crippen molar-refractivity contribution in [3.8, 4) is 0 Å². The minimum absolute atomic E-state index is 0.0416. The van der Waals surface area contributed by atoms with E-state index in [1.165, 1.54) is 6.07 Å². The van der Waals surface area contributed by atoms with Crippen LogP contribution in [0.2, 0.25) is 0 Å². The number of aryl methyl sites for hydroxylation is 1. The van der Waals surface area contributed by atoms with E-state index in [-0.39, 0.29) is 23.7 Å². The first-order valence-electron chi connectivity index (χ1n) is 10.9. The van der Waals surface area contributed by atoms with E-state index in [1.807, 2.05) is 23.1 Å². The number of likely N-dealkylation sites (tertiary alicyclic amines) is 1. The molecule has 0 spiro atoms. The first kappa shape index (κ1) is 20.5. The second-order valence-electron chi connectivity index (χ2n) is 8.09. The third-order valence-electron chi connectivity index (χ3n) is 6.09. The van der Waals surface area contributed by atoms with Crippen molar-refractivity contribution < 1.29 is 9.18 Å². The maximum Gasteiger partial charge on any atom is 0.226 e. The molecule has 4 rings (SSSR count). The highest BCUT2D eigenvalue weighted by molar-refractivity contribution is 5.80.